The molecule has 1 amide bonds. The van der Waals surface area contributed by atoms with Crippen LogP contribution in [0.1, 0.15) is 32.3 Å². The summed E-state index contributed by atoms with van der Waals surface area (Å²) in [5, 5.41) is 0. The molecule has 0 N–H and O–H groups in total. The van der Waals surface area contributed by atoms with Gasteiger partial charge >= 0.3 is 5.97 Å². The average molecular weight is 512 g/mol. The molecule has 0 bridgehead atoms. The Hall–Kier alpha value is -1.38. The van der Waals surface area contributed by atoms with E-state index in [1.807, 2.05) is 13.8 Å². The lowest BCUT2D eigenvalue weighted by atomic mass is 10.1. The molecular formula is C23H23Cl2NO4S2. The fourth-order valence-electron chi connectivity index (χ4n) is 4.19. The number of thiocarbonyl (C=S) groups is 1. The van der Waals surface area contributed by atoms with Crippen molar-refractivity contribution in [1.29, 1.82) is 0 Å². The quantitative estimate of drug-likeness (QED) is 0.215. The van der Waals surface area contributed by atoms with Gasteiger partial charge in [-0.1, -0.05) is 73.2 Å². The van der Waals surface area contributed by atoms with Gasteiger partial charge in [-0.25, -0.2) is 0 Å². The molecule has 3 atom stereocenters. The zero-order valence-corrected chi connectivity index (χ0v) is 20.8. The highest BCUT2D eigenvalue weighted by molar-refractivity contribution is 8.26. The summed E-state index contributed by atoms with van der Waals surface area (Å²) < 4.78 is 11.9. The minimum atomic E-state index is -0.311. The van der Waals surface area contributed by atoms with E-state index >= 15 is 0 Å². The largest absolute Gasteiger partial charge is 0.426 e. The van der Waals surface area contributed by atoms with E-state index in [1.54, 1.807) is 41.3 Å². The second-order valence-corrected chi connectivity index (χ2v) is 11.4. The lowest BCUT2D eigenvalue weighted by molar-refractivity contribution is -0.136. The van der Waals surface area contributed by atoms with Crippen molar-refractivity contribution in [2.75, 3.05) is 13.2 Å². The third kappa shape index (κ3) is 5.07. The normalized spacial score (nSPS) is 27.7. The van der Waals surface area contributed by atoms with E-state index < -0.39 is 0 Å². The molecule has 5 nitrogen and oxygen atoms in total. The first kappa shape index (κ1) is 23.8. The lowest BCUT2D eigenvalue weighted by Gasteiger charge is -2.18. The minimum absolute atomic E-state index is 0.0455. The number of nitrogens with zero attached hydrogens (tertiary/aromatic N) is 1. The predicted molar refractivity (Wildman–Crippen MR) is 131 cm³/mol. The summed E-state index contributed by atoms with van der Waals surface area (Å²) in [4.78, 5) is 27.5. The third-order valence-electron chi connectivity index (χ3n) is 6.15. The number of halogens is 2. The van der Waals surface area contributed by atoms with Crippen LogP contribution in [0.2, 0.25) is 0 Å². The summed E-state index contributed by atoms with van der Waals surface area (Å²) >= 11 is 18.2. The van der Waals surface area contributed by atoms with Crippen molar-refractivity contribution in [3.8, 4) is 5.75 Å². The number of allylic oxidation sites excluding steroid dienone is 1. The number of carbonyl (C=O) groups is 2. The van der Waals surface area contributed by atoms with Crippen LogP contribution in [0.4, 0.5) is 0 Å². The molecule has 3 fully saturated rings. The first-order valence-corrected chi connectivity index (χ1v) is 12.4. The van der Waals surface area contributed by atoms with Crippen molar-refractivity contribution in [1.82, 2.24) is 4.90 Å². The number of benzene rings is 1. The molecule has 2 aliphatic heterocycles. The van der Waals surface area contributed by atoms with E-state index in [4.69, 9.17) is 44.9 Å². The third-order valence-corrected chi connectivity index (χ3v) is 7.78. The standard InChI is InChI=1S/C23H23Cl2NO4S2/c1-23(2)16(11-18(24)25)19(23)21(28)30-14-7-5-13(6-8-14)10-17-20(27)26(22(31)32-17)12-15-4-3-9-29-15/h5-8,10-11,15-16,19H,3-4,9,12H2,1-2H3/b17-10-/t15-,16+,19-/m0/s1. The van der Waals surface area contributed by atoms with Gasteiger partial charge in [0.1, 0.15) is 14.6 Å². The fraction of sp³-hybridized carbons (Fsp3) is 0.435. The fourth-order valence-corrected chi connectivity index (χ4v) is 5.73. The number of hydrogen-bond acceptors (Lipinski definition) is 6. The number of rotatable bonds is 6. The van der Waals surface area contributed by atoms with Crippen molar-refractivity contribution in [2.45, 2.75) is 32.8 Å². The molecule has 9 heteroatoms. The van der Waals surface area contributed by atoms with Crippen LogP contribution in [0.3, 0.4) is 0 Å². The van der Waals surface area contributed by atoms with Crippen LogP contribution in [0, 0.1) is 17.3 Å². The van der Waals surface area contributed by atoms with Gasteiger partial charge in [0, 0.05) is 6.61 Å². The smallest absolute Gasteiger partial charge is 0.315 e. The molecule has 2 saturated heterocycles. The summed E-state index contributed by atoms with van der Waals surface area (Å²) in [6.07, 6.45) is 5.51. The number of ether oxygens (including phenoxy) is 2. The molecule has 1 aromatic rings. The van der Waals surface area contributed by atoms with E-state index in [9.17, 15) is 9.59 Å². The Kier molecular flexibility index (Phi) is 7.03. The van der Waals surface area contributed by atoms with Gasteiger partial charge in [-0.15, -0.1) is 0 Å². The van der Waals surface area contributed by atoms with Gasteiger partial charge in [0.25, 0.3) is 5.91 Å². The van der Waals surface area contributed by atoms with Gasteiger partial charge in [0.2, 0.25) is 0 Å². The Balaban J connectivity index is 1.38. The molecule has 4 rings (SSSR count). The van der Waals surface area contributed by atoms with Crippen LogP contribution in [-0.2, 0) is 14.3 Å². The van der Waals surface area contributed by atoms with Gasteiger partial charge in [0.05, 0.1) is 23.5 Å². The van der Waals surface area contributed by atoms with Crippen molar-refractivity contribution >= 4 is 69.5 Å². The molecule has 0 spiro atoms. The van der Waals surface area contributed by atoms with Crippen LogP contribution in [0.5, 0.6) is 5.75 Å². The zero-order valence-electron chi connectivity index (χ0n) is 17.7. The molecule has 0 radical (unpaired) electrons. The highest BCUT2D eigenvalue weighted by Gasteiger charge is 2.61. The highest BCUT2D eigenvalue weighted by atomic mass is 35.5. The summed E-state index contributed by atoms with van der Waals surface area (Å²) in [6, 6.07) is 7.04. The molecule has 0 aromatic heterocycles. The number of thioether (sulfide) groups is 1. The lowest BCUT2D eigenvalue weighted by Crippen LogP contribution is -2.35. The molecule has 0 unspecified atom stereocenters. The van der Waals surface area contributed by atoms with E-state index in [1.165, 1.54) is 11.8 Å². The zero-order chi connectivity index (χ0) is 23.0. The maximum absolute atomic E-state index is 12.8. The Morgan fingerprint density at radius 1 is 1.34 bits per heavy atom. The van der Waals surface area contributed by atoms with E-state index in [-0.39, 0.29) is 39.7 Å². The van der Waals surface area contributed by atoms with Gasteiger partial charge in [-0.05, 0) is 54.0 Å². The molecule has 1 aliphatic carbocycles. The van der Waals surface area contributed by atoms with Crippen LogP contribution in [0.15, 0.2) is 39.7 Å². The Morgan fingerprint density at radius 3 is 2.69 bits per heavy atom. The summed E-state index contributed by atoms with van der Waals surface area (Å²) in [7, 11) is 0. The number of esters is 1. The second-order valence-electron chi connectivity index (χ2n) is 8.70. The monoisotopic (exact) mass is 511 g/mol. The molecule has 1 aromatic carbocycles. The van der Waals surface area contributed by atoms with Crippen molar-refractivity contribution in [3.05, 3.63) is 45.3 Å². The summed E-state index contributed by atoms with van der Waals surface area (Å²) in [6.45, 7) is 5.20. The predicted octanol–water partition coefficient (Wildman–Crippen LogP) is 5.56. The van der Waals surface area contributed by atoms with Crippen LogP contribution in [-0.4, -0.2) is 40.4 Å². The highest BCUT2D eigenvalue weighted by Crippen LogP contribution is 2.60. The van der Waals surface area contributed by atoms with E-state index in [0.717, 1.165) is 25.0 Å². The van der Waals surface area contributed by atoms with Crippen molar-refractivity contribution in [2.24, 2.45) is 17.3 Å². The van der Waals surface area contributed by atoms with Crippen LogP contribution >= 0.6 is 47.2 Å². The maximum Gasteiger partial charge on any atom is 0.315 e. The first-order valence-electron chi connectivity index (χ1n) is 10.4. The van der Waals surface area contributed by atoms with Gasteiger partial charge < -0.3 is 9.47 Å². The summed E-state index contributed by atoms with van der Waals surface area (Å²) in [5.41, 5.74) is 0.577. The number of amides is 1. The minimum Gasteiger partial charge on any atom is -0.426 e. The van der Waals surface area contributed by atoms with Gasteiger partial charge in [0.15, 0.2) is 0 Å². The van der Waals surface area contributed by atoms with Crippen molar-refractivity contribution in [3.63, 3.8) is 0 Å². The SMILES string of the molecule is CC1(C)[C@H](C=C(Cl)Cl)[C@H]1C(=O)Oc1ccc(/C=C2\SC(=S)N(C[C@@H]3CCCO3)C2=O)cc1. The molecule has 170 valence electrons. The number of hydrogen-bond donors (Lipinski definition) is 0. The number of carbonyl (C=O) groups excluding carboxylic acids is 2. The topological polar surface area (TPSA) is 55.8 Å². The van der Waals surface area contributed by atoms with Crippen LogP contribution in [0.25, 0.3) is 6.08 Å². The molecular weight excluding hydrogens is 489 g/mol. The van der Waals surface area contributed by atoms with Gasteiger partial charge in [-0.2, -0.15) is 0 Å². The maximum atomic E-state index is 12.8. The molecule has 1 saturated carbocycles. The molecule has 32 heavy (non-hydrogen) atoms. The second kappa shape index (κ2) is 9.47. The van der Waals surface area contributed by atoms with E-state index in [0.29, 0.717) is 21.5 Å². The van der Waals surface area contributed by atoms with Gasteiger partial charge in [-0.3, -0.25) is 14.5 Å². The van der Waals surface area contributed by atoms with Crippen LogP contribution < -0.4 is 4.74 Å². The summed E-state index contributed by atoms with van der Waals surface area (Å²) in [5.74, 6) is -0.302. The molecule has 2 heterocycles. The first-order chi connectivity index (χ1) is 15.2. The Bertz CT molecular complexity index is 996. The molecule has 3 aliphatic rings. The Morgan fingerprint density at radius 2 is 2.06 bits per heavy atom. The van der Waals surface area contributed by atoms with E-state index in [2.05, 4.69) is 0 Å². The van der Waals surface area contributed by atoms with Crippen molar-refractivity contribution < 1.29 is 19.1 Å². The average Bonchev–Trinajstić information content (AvgIpc) is 3.07. The Labute approximate surface area is 207 Å².